The van der Waals surface area contributed by atoms with E-state index in [-0.39, 0.29) is 25.8 Å². The number of phosphoric acid groups is 1. The second-order valence-corrected chi connectivity index (χ2v) is 17.2. The summed E-state index contributed by atoms with van der Waals surface area (Å²) in [6.07, 6.45) is 43.1. The maximum absolute atomic E-state index is 12.7. The third-order valence-electron chi connectivity index (χ3n) is 9.22. The standard InChI is InChI=1S/C44H84NO7P/c1-6-8-10-12-14-16-18-20-21-22-23-24-26-28-30-32-34-36-39-49-41-43(42-51-53(47,48)50-40-38-45(3,4)5)52-44(46)37-35-33-31-29-27-25-19-17-15-13-11-9-7-2/h8,10,14,16,20-21,43H,6-7,9,11-13,15,17-19,22-42H2,1-5H3/p+1/b10-8-,16-14-,21-20-. The van der Waals surface area contributed by atoms with E-state index in [1.54, 1.807) is 0 Å². The predicted molar refractivity (Wildman–Crippen MR) is 224 cm³/mol. The molecule has 0 amide bonds. The first-order chi connectivity index (χ1) is 25.6. The number of hydrogen-bond donors (Lipinski definition) is 1. The summed E-state index contributed by atoms with van der Waals surface area (Å²) in [5.41, 5.74) is 0. The monoisotopic (exact) mass is 771 g/mol. The van der Waals surface area contributed by atoms with Crippen molar-refractivity contribution in [3.63, 3.8) is 0 Å². The SMILES string of the molecule is CC/C=C\C/C=C\C/C=C\CCCCCCCCCCOCC(COP(=O)(O)OCC[N+](C)(C)C)OC(=O)CCCCCCCCCCCCCCC. The molecule has 53 heavy (non-hydrogen) atoms. The van der Waals surface area contributed by atoms with Crippen LogP contribution in [0, 0.1) is 0 Å². The molecule has 0 radical (unpaired) electrons. The molecule has 0 aliphatic rings. The smallest absolute Gasteiger partial charge is 0.457 e. The van der Waals surface area contributed by atoms with Crippen LogP contribution in [-0.4, -0.2) is 75.6 Å². The predicted octanol–water partition coefficient (Wildman–Crippen LogP) is 12.6. The second-order valence-electron chi connectivity index (χ2n) is 15.7. The van der Waals surface area contributed by atoms with E-state index in [1.807, 2.05) is 21.1 Å². The Morgan fingerprint density at radius 2 is 1.09 bits per heavy atom. The molecule has 1 N–H and O–H groups in total. The molecule has 0 saturated carbocycles. The molecule has 0 rings (SSSR count). The van der Waals surface area contributed by atoms with Crippen LogP contribution in [0.25, 0.3) is 0 Å². The maximum atomic E-state index is 12.7. The first kappa shape index (κ1) is 51.7. The van der Waals surface area contributed by atoms with Crippen molar-refractivity contribution in [1.82, 2.24) is 0 Å². The van der Waals surface area contributed by atoms with E-state index < -0.39 is 13.9 Å². The Kier molecular flexibility index (Phi) is 36.7. The zero-order valence-electron chi connectivity index (χ0n) is 35.3. The van der Waals surface area contributed by atoms with Crippen molar-refractivity contribution < 1.29 is 37.3 Å². The largest absolute Gasteiger partial charge is 0.472 e. The lowest BCUT2D eigenvalue weighted by atomic mass is 10.0. The van der Waals surface area contributed by atoms with Gasteiger partial charge in [0.05, 0.1) is 34.4 Å². The molecule has 312 valence electrons. The highest BCUT2D eigenvalue weighted by molar-refractivity contribution is 7.47. The molecular formula is C44H85NO7P+. The Hall–Kier alpha value is -1.28. The summed E-state index contributed by atoms with van der Waals surface area (Å²) in [5.74, 6) is -0.316. The van der Waals surface area contributed by atoms with E-state index >= 15 is 0 Å². The molecule has 0 fully saturated rings. The van der Waals surface area contributed by atoms with Crippen LogP contribution in [0.15, 0.2) is 36.5 Å². The van der Waals surface area contributed by atoms with Crippen LogP contribution in [0.3, 0.4) is 0 Å². The van der Waals surface area contributed by atoms with Crippen molar-refractivity contribution in [3.8, 4) is 0 Å². The van der Waals surface area contributed by atoms with E-state index in [9.17, 15) is 14.3 Å². The zero-order chi connectivity index (χ0) is 39.1. The number of ether oxygens (including phenoxy) is 2. The third kappa shape index (κ3) is 41.7. The Morgan fingerprint density at radius 3 is 1.64 bits per heavy atom. The minimum atomic E-state index is -4.27. The number of hydrogen-bond acceptors (Lipinski definition) is 6. The van der Waals surface area contributed by atoms with Crippen LogP contribution >= 0.6 is 7.82 Å². The molecule has 0 aliphatic heterocycles. The van der Waals surface area contributed by atoms with Gasteiger partial charge in [0.2, 0.25) is 0 Å². The molecule has 2 atom stereocenters. The summed E-state index contributed by atoms with van der Waals surface area (Å²) in [6.45, 7) is 5.51. The highest BCUT2D eigenvalue weighted by Gasteiger charge is 2.26. The fourth-order valence-corrected chi connectivity index (χ4v) is 6.60. The molecule has 0 heterocycles. The van der Waals surface area contributed by atoms with Crippen LogP contribution in [0.5, 0.6) is 0 Å². The molecule has 0 aromatic carbocycles. The molecule has 0 saturated heterocycles. The number of esters is 1. The maximum Gasteiger partial charge on any atom is 0.472 e. The van der Waals surface area contributed by atoms with E-state index in [1.165, 1.54) is 109 Å². The molecular weight excluding hydrogens is 685 g/mol. The van der Waals surface area contributed by atoms with Crippen molar-refractivity contribution in [3.05, 3.63) is 36.5 Å². The quantitative estimate of drug-likeness (QED) is 0.0218. The number of carbonyl (C=O) groups excluding carboxylic acids is 1. The van der Waals surface area contributed by atoms with Crippen molar-refractivity contribution in [2.75, 3.05) is 54.1 Å². The van der Waals surface area contributed by atoms with Crippen LogP contribution in [0.2, 0.25) is 0 Å². The minimum Gasteiger partial charge on any atom is -0.457 e. The molecule has 9 heteroatoms. The number of quaternary nitrogens is 1. The van der Waals surface area contributed by atoms with Gasteiger partial charge in [-0.3, -0.25) is 13.8 Å². The molecule has 2 unspecified atom stereocenters. The average molecular weight is 771 g/mol. The topological polar surface area (TPSA) is 91.3 Å². The average Bonchev–Trinajstić information content (AvgIpc) is 3.11. The summed E-state index contributed by atoms with van der Waals surface area (Å²) in [7, 11) is 1.66. The fourth-order valence-electron chi connectivity index (χ4n) is 5.86. The zero-order valence-corrected chi connectivity index (χ0v) is 36.1. The summed E-state index contributed by atoms with van der Waals surface area (Å²) in [5, 5.41) is 0. The van der Waals surface area contributed by atoms with E-state index in [2.05, 4.69) is 50.3 Å². The highest BCUT2D eigenvalue weighted by Crippen LogP contribution is 2.43. The van der Waals surface area contributed by atoms with Crippen molar-refractivity contribution in [2.24, 2.45) is 0 Å². The van der Waals surface area contributed by atoms with Crippen LogP contribution in [0.4, 0.5) is 0 Å². The van der Waals surface area contributed by atoms with Gasteiger partial charge in [0.25, 0.3) is 0 Å². The van der Waals surface area contributed by atoms with Gasteiger partial charge in [0, 0.05) is 13.0 Å². The molecule has 0 aromatic rings. The Bertz CT molecular complexity index is 947. The first-order valence-electron chi connectivity index (χ1n) is 21.7. The third-order valence-corrected chi connectivity index (χ3v) is 10.2. The Labute approximate surface area is 327 Å². The van der Waals surface area contributed by atoms with Crippen LogP contribution < -0.4 is 0 Å². The number of phosphoric ester groups is 1. The number of rotatable bonds is 40. The van der Waals surface area contributed by atoms with Gasteiger partial charge in [-0.25, -0.2) is 4.57 Å². The summed E-state index contributed by atoms with van der Waals surface area (Å²) < 4.78 is 35.0. The minimum absolute atomic E-state index is 0.0877. The van der Waals surface area contributed by atoms with Crippen molar-refractivity contribution in [1.29, 1.82) is 0 Å². The van der Waals surface area contributed by atoms with Gasteiger partial charge in [-0.15, -0.1) is 0 Å². The lowest BCUT2D eigenvalue weighted by Crippen LogP contribution is -2.37. The number of likely N-dealkylation sites (N-methyl/N-ethyl adjacent to an activating group) is 1. The summed E-state index contributed by atoms with van der Waals surface area (Å²) >= 11 is 0. The van der Waals surface area contributed by atoms with E-state index in [0.29, 0.717) is 24.1 Å². The van der Waals surface area contributed by atoms with Crippen molar-refractivity contribution >= 4 is 13.8 Å². The first-order valence-corrected chi connectivity index (χ1v) is 23.2. The van der Waals surface area contributed by atoms with Gasteiger partial charge in [-0.1, -0.05) is 166 Å². The van der Waals surface area contributed by atoms with Crippen LogP contribution in [-0.2, 0) is 27.9 Å². The molecule has 0 bridgehead atoms. The van der Waals surface area contributed by atoms with Crippen molar-refractivity contribution in [2.45, 2.75) is 187 Å². The fraction of sp³-hybridized carbons (Fsp3) is 0.841. The molecule has 0 aromatic heterocycles. The number of nitrogens with zero attached hydrogens (tertiary/aromatic N) is 1. The number of allylic oxidation sites excluding steroid dienone is 6. The van der Waals surface area contributed by atoms with E-state index in [0.717, 1.165) is 51.4 Å². The van der Waals surface area contributed by atoms with Gasteiger partial charge >= 0.3 is 13.8 Å². The Morgan fingerprint density at radius 1 is 0.604 bits per heavy atom. The summed E-state index contributed by atoms with van der Waals surface area (Å²) in [6, 6.07) is 0. The van der Waals surface area contributed by atoms with Gasteiger partial charge in [0.15, 0.2) is 0 Å². The van der Waals surface area contributed by atoms with Gasteiger partial charge < -0.3 is 18.9 Å². The van der Waals surface area contributed by atoms with Gasteiger partial charge in [-0.05, 0) is 44.9 Å². The summed E-state index contributed by atoms with van der Waals surface area (Å²) in [4.78, 5) is 22.9. The molecule has 8 nitrogen and oxygen atoms in total. The number of unbranched alkanes of at least 4 members (excludes halogenated alkanes) is 20. The van der Waals surface area contributed by atoms with E-state index in [4.69, 9.17) is 18.5 Å². The lowest BCUT2D eigenvalue weighted by Gasteiger charge is -2.24. The second kappa shape index (κ2) is 37.6. The highest BCUT2D eigenvalue weighted by atomic mass is 31.2. The van der Waals surface area contributed by atoms with Gasteiger partial charge in [0.1, 0.15) is 19.3 Å². The lowest BCUT2D eigenvalue weighted by molar-refractivity contribution is -0.870. The Balaban J connectivity index is 4.22. The molecule has 0 spiro atoms. The number of carbonyl (C=O) groups is 1. The van der Waals surface area contributed by atoms with Crippen LogP contribution in [0.1, 0.15) is 181 Å². The normalized spacial score (nSPS) is 14.2. The molecule has 0 aliphatic carbocycles. The van der Waals surface area contributed by atoms with Gasteiger partial charge in [-0.2, -0.15) is 0 Å².